The van der Waals surface area contributed by atoms with Gasteiger partial charge < -0.3 is 4.42 Å². The predicted molar refractivity (Wildman–Crippen MR) is 57.7 cm³/mol. The Morgan fingerprint density at radius 2 is 2.47 bits per heavy atom. The smallest absolute Gasteiger partial charge is 0.181 e. The van der Waals surface area contributed by atoms with E-state index in [0.29, 0.717) is 6.04 Å². The molecule has 0 aromatic carbocycles. The zero-order valence-electron chi connectivity index (χ0n) is 9.28. The van der Waals surface area contributed by atoms with E-state index in [-0.39, 0.29) is 0 Å². The van der Waals surface area contributed by atoms with Crippen LogP contribution in [0.25, 0.3) is 0 Å². The lowest BCUT2D eigenvalue weighted by atomic mass is 9.79. The fourth-order valence-electron chi connectivity index (χ4n) is 3.20. The summed E-state index contributed by atoms with van der Waals surface area (Å²) in [5.41, 5.74) is 1.22. The van der Waals surface area contributed by atoms with Gasteiger partial charge in [0.2, 0.25) is 0 Å². The molecule has 1 aromatic rings. The summed E-state index contributed by atoms with van der Waals surface area (Å²) in [6.07, 6.45) is 6.54. The quantitative estimate of drug-likeness (QED) is 0.702. The first-order valence-electron chi connectivity index (χ1n) is 6.03. The van der Waals surface area contributed by atoms with Crippen molar-refractivity contribution in [1.29, 1.82) is 0 Å². The first-order chi connectivity index (χ1) is 7.38. The molecule has 0 unspecified atom stereocenters. The number of hydrogen-bond donors (Lipinski definition) is 0. The molecule has 3 heteroatoms. The number of aromatic nitrogens is 1. The van der Waals surface area contributed by atoms with Crippen LogP contribution in [-0.4, -0.2) is 29.0 Å². The Balaban J connectivity index is 1.87. The van der Waals surface area contributed by atoms with Crippen LogP contribution in [0, 0.1) is 5.92 Å². The van der Waals surface area contributed by atoms with Gasteiger partial charge in [0.1, 0.15) is 5.76 Å². The summed E-state index contributed by atoms with van der Waals surface area (Å²) in [6.45, 7) is 4.70. The maximum atomic E-state index is 5.46. The summed E-state index contributed by atoms with van der Waals surface area (Å²) in [6, 6.07) is 0.712. The van der Waals surface area contributed by atoms with Gasteiger partial charge in [0.15, 0.2) is 6.39 Å². The third-order valence-corrected chi connectivity index (χ3v) is 4.02. The van der Waals surface area contributed by atoms with Gasteiger partial charge >= 0.3 is 0 Å². The average Bonchev–Trinajstić information content (AvgIpc) is 2.72. The van der Waals surface area contributed by atoms with Gasteiger partial charge in [-0.3, -0.25) is 4.90 Å². The van der Waals surface area contributed by atoms with E-state index in [1.54, 1.807) is 6.39 Å². The first kappa shape index (κ1) is 9.40. The number of nitrogens with zero attached hydrogens (tertiary/aromatic N) is 2. The largest absolute Gasteiger partial charge is 0.448 e. The molecular weight excluding hydrogens is 188 g/mol. The maximum Gasteiger partial charge on any atom is 0.181 e. The van der Waals surface area contributed by atoms with Crippen LogP contribution in [-0.2, 0) is 12.8 Å². The van der Waals surface area contributed by atoms with Crippen LogP contribution in [0.3, 0.4) is 0 Å². The predicted octanol–water partition coefficient (Wildman–Crippen LogP) is 1.87. The number of likely N-dealkylation sites (N-methyl/N-ethyl adjacent to an activating group) is 1. The average molecular weight is 206 g/mol. The number of likely N-dealkylation sites (tertiary alicyclic amines) is 1. The molecule has 0 bridgehead atoms. The Bertz CT molecular complexity index is 347. The summed E-state index contributed by atoms with van der Waals surface area (Å²) >= 11 is 0. The summed E-state index contributed by atoms with van der Waals surface area (Å²) < 4.78 is 5.46. The molecular formula is C12H18N2O. The van der Waals surface area contributed by atoms with Gasteiger partial charge in [0.25, 0.3) is 0 Å². The minimum Gasteiger partial charge on any atom is -0.448 e. The molecule has 0 spiro atoms. The third kappa shape index (κ3) is 1.49. The molecule has 2 atom stereocenters. The maximum absolute atomic E-state index is 5.46. The van der Waals surface area contributed by atoms with E-state index in [2.05, 4.69) is 16.8 Å². The molecule has 2 heterocycles. The van der Waals surface area contributed by atoms with Gasteiger partial charge in [-0.05, 0) is 38.3 Å². The highest BCUT2D eigenvalue weighted by Crippen LogP contribution is 2.34. The minimum absolute atomic E-state index is 0.712. The minimum atomic E-state index is 0.712. The molecule has 0 N–H and O–H groups in total. The lowest BCUT2D eigenvalue weighted by Crippen LogP contribution is -2.48. The second-order valence-electron chi connectivity index (χ2n) is 4.73. The van der Waals surface area contributed by atoms with Gasteiger partial charge in [-0.1, -0.05) is 6.92 Å². The second-order valence-corrected chi connectivity index (χ2v) is 4.73. The van der Waals surface area contributed by atoms with Crippen molar-refractivity contribution in [3.05, 3.63) is 17.8 Å². The topological polar surface area (TPSA) is 29.3 Å². The van der Waals surface area contributed by atoms with Gasteiger partial charge in [-0.25, -0.2) is 4.98 Å². The van der Waals surface area contributed by atoms with Crippen molar-refractivity contribution in [2.24, 2.45) is 5.92 Å². The Kier molecular flexibility index (Phi) is 2.28. The molecule has 3 rings (SSSR count). The third-order valence-electron chi connectivity index (χ3n) is 4.02. The molecule has 1 fully saturated rings. The zero-order valence-corrected chi connectivity index (χ0v) is 9.28. The number of hydrogen-bond acceptors (Lipinski definition) is 3. The van der Waals surface area contributed by atoms with E-state index in [1.165, 1.54) is 31.6 Å². The van der Waals surface area contributed by atoms with Crippen LogP contribution in [0.1, 0.15) is 31.2 Å². The summed E-state index contributed by atoms with van der Waals surface area (Å²) in [4.78, 5) is 6.92. The zero-order chi connectivity index (χ0) is 10.3. The van der Waals surface area contributed by atoms with Crippen LogP contribution < -0.4 is 0 Å². The van der Waals surface area contributed by atoms with Crippen molar-refractivity contribution in [2.75, 3.05) is 13.1 Å². The highest BCUT2D eigenvalue weighted by molar-refractivity contribution is 5.16. The van der Waals surface area contributed by atoms with E-state index in [9.17, 15) is 0 Å². The fraction of sp³-hybridized carbons (Fsp3) is 0.750. The normalized spacial score (nSPS) is 31.0. The van der Waals surface area contributed by atoms with Crippen molar-refractivity contribution in [3.63, 3.8) is 0 Å². The first-order valence-corrected chi connectivity index (χ1v) is 6.03. The molecule has 1 aromatic heterocycles. The molecule has 0 amide bonds. The van der Waals surface area contributed by atoms with E-state index in [4.69, 9.17) is 4.42 Å². The molecule has 1 aliphatic heterocycles. The summed E-state index contributed by atoms with van der Waals surface area (Å²) in [7, 11) is 0. The molecule has 0 radical (unpaired) electrons. The second kappa shape index (κ2) is 3.63. The summed E-state index contributed by atoms with van der Waals surface area (Å²) in [5.74, 6) is 1.95. The van der Waals surface area contributed by atoms with Gasteiger partial charge in [-0.2, -0.15) is 0 Å². The van der Waals surface area contributed by atoms with Gasteiger partial charge in [0, 0.05) is 12.5 Å². The summed E-state index contributed by atoms with van der Waals surface area (Å²) in [5, 5.41) is 0. The van der Waals surface area contributed by atoms with Gasteiger partial charge in [-0.15, -0.1) is 0 Å². The van der Waals surface area contributed by atoms with Crippen molar-refractivity contribution in [2.45, 2.75) is 38.6 Å². The van der Waals surface area contributed by atoms with Crippen LogP contribution >= 0.6 is 0 Å². The Morgan fingerprint density at radius 3 is 3.33 bits per heavy atom. The SMILES string of the molecule is CCN1CCC[C@H]2Cc3ncoc3C[C@@H]21. The van der Waals surface area contributed by atoms with Crippen LogP contribution in [0.2, 0.25) is 0 Å². The Labute approximate surface area is 90.5 Å². The van der Waals surface area contributed by atoms with Gasteiger partial charge in [0.05, 0.1) is 5.69 Å². The highest BCUT2D eigenvalue weighted by atomic mass is 16.3. The van der Waals surface area contributed by atoms with Crippen molar-refractivity contribution < 1.29 is 4.42 Å². The fourth-order valence-corrected chi connectivity index (χ4v) is 3.20. The van der Waals surface area contributed by atoms with Crippen molar-refractivity contribution >= 4 is 0 Å². The lowest BCUT2D eigenvalue weighted by molar-refractivity contribution is 0.0850. The van der Waals surface area contributed by atoms with E-state index in [1.807, 2.05) is 0 Å². The number of rotatable bonds is 1. The molecule has 2 aliphatic rings. The Hall–Kier alpha value is -0.830. The van der Waals surface area contributed by atoms with E-state index < -0.39 is 0 Å². The van der Waals surface area contributed by atoms with Crippen LogP contribution in [0.4, 0.5) is 0 Å². The van der Waals surface area contributed by atoms with E-state index >= 15 is 0 Å². The van der Waals surface area contributed by atoms with Crippen LogP contribution in [0.5, 0.6) is 0 Å². The molecule has 15 heavy (non-hydrogen) atoms. The number of piperidine rings is 1. The van der Waals surface area contributed by atoms with Crippen molar-refractivity contribution in [3.8, 4) is 0 Å². The van der Waals surface area contributed by atoms with E-state index in [0.717, 1.165) is 24.5 Å². The molecule has 1 aliphatic carbocycles. The standard InChI is InChI=1S/C12H18N2O/c1-2-14-5-3-4-9-6-10-12(7-11(9)14)15-8-13-10/h8-9,11H,2-7H2,1H3/t9-,11-/m0/s1. The number of oxazole rings is 1. The lowest BCUT2D eigenvalue weighted by Gasteiger charge is -2.42. The monoisotopic (exact) mass is 206 g/mol. The highest BCUT2D eigenvalue weighted by Gasteiger charge is 2.36. The Morgan fingerprint density at radius 1 is 1.53 bits per heavy atom. The van der Waals surface area contributed by atoms with Crippen molar-refractivity contribution in [1.82, 2.24) is 9.88 Å². The van der Waals surface area contributed by atoms with Crippen LogP contribution in [0.15, 0.2) is 10.8 Å². The number of fused-ring (bicyclic) bond motifs is 2. The molecule has 3 nitrogen and oxygen atoms in total. The molecule has 0 saturated carbocycles. The molecule has 82 valence electrons. The molecule has 1 saturated heterocycles.